The summed E-state index contributed by atoms with van der Waals surface area (Å²) in [6.45, 7) is 0.384. The SMILES string of the molecule is CCC(=O)C(=O)C(O)COP(=O)([O-])[O-]. The Hall–Kier alpha value is -0.590. The van der Waals surface area contributed by atoms with Crippen molar-refractivity contribution in [2.75, 3.05) is 6.61 Å². The van der Waals surface area contributed by atoms with Gasteiger partial charge in [-0.3, -0.25) is 9.59 Å². The van der Waals surface area contributed by atoms with Crippen molar-refractivity contribution in [3.63, 3.8) is 0 Å². The summed E-state index contributed by atoms with van der Waals surface area (Å²) in [6, 6.07) is 0. The number of aliphatic hydroxyl groups excluding tert-OH is 1. The van der Waals surface area contributed by atoms with Crippen molar-refractivity contribution in [3.8, 4) is 0 Å². The maximum Gasteiger partial charge on any atom is 0.229 e. The number of aliphatic hydroxyl groups is 1. The normalized spacial score (nSPS) is 13.7. The van der Waals surface area contributed by atoms with E-state index in [4.69, 9.17) is 5.11 Å². The van der Waals surface area contributed by atoms with E-state index in [-0.39, 0.29) is 6.42 Å². The van der Waals surface area contributed by atoms with Crippen LogP contribution in [0.3, 0.4) is 0 Å². The second-order valence-electron chi connectivity index (χ2n) is 2.40. The van der Waals surface area contributed by atoms with Gasteiger partial charge in [0, 0.05) is 6.42 Å². The van der Waals surface area contributed by atoms with Crippen LogP contribution in [0.2, 0.25) is 0 Å². The molecule has 0 aliphatic rings. The average Bonchev–Trinajstić information content (AvgIpc) is 2.10. The minimum absolute atomic E-state index is 0.109. The minimum Gasteiger partial charge on any atom is -0.790 e. The second kappa shape index (κ2) is 5.33. The van der Waals surface area contributed by atoms with Crippen molar-refractivity contribution in [3.05, 3.63) is 0 Å². The molecule has 0 aromatic carbocycles. The van der Waals surface area contributed by atoms with Gasteiger partial charge in [-0.25, -0.2) is 0 Å². The number of phosphoric ester groups is 1. The summed E-state index contributed by atoms with van der Waals surface area (Å²) in [5.74, 6) is -2.02. The highest BCUT2D eigenvalue weighted by atomic mass is 31.2. The van der Waals surface area contributed by atoms with E-state index in [0.717, 1.165) is 0 Å². The van der Waals surface area contributed by atoms with Crippen LogP contribution in [-0.4, -0.2) is 29.4 Å². The molecule has 0 heterocycles. The Balaban J connectivity index is 4.10. The zero-order chi connectivity index (χ0) is 11.4. The Morgan fingerprint density at radius 1 is 1.50 bits per heavy atom. The van der Waals surface area contributed by atoms with Gasteiger partial charge in [0.2, 0.25) is 11.6 Å². The first-order valence-corrected chi connectivity index (χ1v) is 5.15. The summed E-state index contributed by atoms with van der Waals surface area (Å²) < 4.78 is 13.6. The Morgan fingerprint density at radius 2 is 2.00 bits per heavy atom. The molecule has 0 spiro atoms. The fraction of sp³-hybridized carbons (Fsp3) is 0.667. The zero-order valence-corrected chi connectivity index (χ0v) is 8.23. The summed E-state index contributed by atoms with van der Waals surface area (Å²) in [4.78, 5) is 41.4. The molecular weight excluding hydrogens is 215 g/mol. The topological polar surface area (TPSA) is 127 Å². The molecule has 1 N–H and O–H groups in total. The summed E-state index contributed by atoms with van der Waals surface area (Å²) >= 11 is 0. The Bertz CT molecular complexity index is 267. The molecule has 0 amide bonds. The van der Waals surface area contributed by atoms with Crippen molar-refractivity contribution in [1.82, 2.24) is 0 Å². The highest BCUT2D eigenvalue weighted by molar-refractivity contribution is 7.43. The lowest BCUT2D eigenvalue weighted by molar-refractivity contribution is -0.342. The first-order chi connectivity index (χ1) is 6.28. The van der Waals surface area contributed by atoms with Gasteiger partial charge in [0.15, 0.2) is 0 Å². The van der Waals surface area contributed by atoms with Gasteiger partial charge in [-0.2, -0.15) is 0 Å². The van der Waals surface area contributed by atoms with E-state index >= 15 is 0 Å². The van der Waals surface area contributed by atoms with E-state index in [1.807, 2.05) is 0 Å². The largest absolute Gasteiger partial charge is 0.790 e. The first-order valence-electron chi connectivity index (χ1n) is 3.69. The Kier molecular flexibility index (Phi) is 5.11. The molecule has 14 heavy (non-hydrogen) atoms. The van der Waals surface area contributed by atoms with Gasteiger partial charge in [-0.15, -0.1) is 0 Å². The van der Waals surface area contributed by atoms with Gasteiger partial charge in [-0.1, -0.05) is 6.92 Å². The molecule has 0 fully saturated rings. The zero-order valence-electron chi connectivity index (χ0n) is 7.34. The third-order valence-electron chi connectivity index (χ3n) is 1.29. The van der Waals surface area contributed by atoms with E-state index in [9.17, 15) is 23.9 Å². The molecule has 82 valence electrons. The molecule has 0 bridgehead atoms. The van der Waals surface area contributed by atoms with Gasteiger partial charge in [0.25, 0.3) is 0 Å². The molecule has 0 aromatic heterocycles. The number of Topliss-reactive ketones (excluding diaryl/α,β-unsaturated/α-hetero) is 2. The summed E-state index contributed by atoms with van der Waals surface area (Å²) in [5.41, 5.74) is 0. The number of phosphoric acid groups is 1. The van der Waals surface area contributed by atoms with E-state index in [1.54, 1.807) is 0 Å². The molecule has 0 aliphatic heterocycles. The molecule has 0 saturated heterocycles. The maximum atomic E-state index is 10.8. The van der Waals surface area contributed by atoms with Crippen molar-refractivity contribution >= 4 is 19.4 Å². The summed E-state index contributed by atoms with van der Waals surface area (Å²) in [7, 11) is -5.22. The van der Waals surface area contributed by atoms with E-state index < -0.39 is 32.1 Å². The lowest BCUT2D eigenvalue weighted by atomic mass is 10.1. The van der Waals surface area contributed by atoms with E-state index in [2.05, 4.69) is 4.52 Å². The van der Waals surface area contributed by atoms with Crippen LogP contribution in [0.4, 0.5) is 0 Å². The molecule has 1 atom stereocenters. The van der Waals surface area contributed by atoms with Gasteiger partial charge in [-0.05, 0) is 0 Å². The van der Waals surface area contributed by atoms with Crippen molar-refractivity contribution in [2.24, 2.45) is 0 Å². The van der Waals surface area contributed by atoms with Crippen LogP contribution in [0.5, 0.6) is 0 Å². The quantitative estimate of drug-likeness (QED) is 0.398. The van der Waals surface area contributed by atoms with Crippen LogP contribution in [0.15, 0.2) is 0 Å². The number of rotatable bonds is 6. The lowest BCUT2D eigenvalue weighted by Crippen LogP contribution is -2.33. The van der Waals surface area contributed by atoms with E-state index in [1.165, 1.54) is 6.92 Å². The van der Waals surface area contributed by atoms with Gasteiger partial charge in [0.05, 0.1) is 14.4 Å². The number of hydrogen-bond acceptors (Lipinski definition) is 7. The summed E-state index contributed by atoms with van der Waals surface area (Å²) in [6.07, 6.45) is -2.01. The molecule has 1 unspecified atom stereocenters. The first kappa shape index (κ1) is 13.4. The molecule has 0 aromatic rings. The van der Waals surface area contributed by atoms with Crippen molar-refractivity contribution in [1.29, 1.82) is 0 Å². The molecule has 0 rings (SSSR count). The number of hydrogen-bond donors (Lipinski definition) is 1. The molecule has 0 saturated carbocycles. The molecular formula is C6H9O7P-2. The fourth-order valence-electron chi connectivity index (χ4n) is 0.598. The third kappa shape index (κ3) is 5.21. The van der Waals surface area contributed by atoms with Crippen LogP contribution in [0.25, 0.3) is 0 Å². The fourth-order valence-corrected chi connectivity index (χ4v) is 0.921. The third-order valence-corrected chi connectivity index (χ3v) is 1.75. The van der Waals surface area contributed by atoms with Gasteiger partial charge >= 0.3 is 0 Å². The monoisotopic (exact) mass is 224 g/mol. The molecule has 0 aliphatic carbocycles. The standard InChI is InChI=1S/C6H11O7P/c1-2-4(7)6(9)5(8)3-13-14(10,11)12/h5,8H,2-3H2,1H3,(H2,10,11,12)/p-2. The van der Waals surface area contributed by atoms with Crippen LogP contribution in [0, 0.1) is 0 Å². The van der Waals surface area contributed by atoms with Crippen LogP contribution < -0.4 is 9.79 Å². The second-order valence-corrected chi connectivity index (χ2v) is 3.55. The Labute approximate surface area is 79.9 Å². The lowest BCUT2D eigenvalue weighted by Gasteiger charge is -2.29. The smallest absolute Gasteiger partial charge is 0.229 e. The van der Waals surface area contributed by atoms with Crippen LogP contribution >= 0.6 is 7.82 Å². The Morgan fingerprint density at radius 3 is 2.36 bits per heavy atom. The maximum absolute atomic E-state index is 10.8. The number of carbonyl (C=O) groups is 2. The van der Waals surface area contributed by atoms with E-state index in [0.29, 0.717) is 0 Å². The molecule has 7 nitrogen and oxygen atoms in total. The highest BCUT2D eigenvalue weighted by Crippen LogP contribution is 2.24. The highest BCUT2D eigenvalue weighted by Gasteiger charge is 2.21. The van der Waals surface area contributed by atoms with Gasteiger partial charge < -0.3 is 24.0 Å². The van der Waals surface area contributed by atoms with Gasteiger partial charge in [0.1, 0.15) is 6.10 Å². The number of ketones is 2. The minimum atomic E-state index is -5.22. The predicted octanol–water partition coefficient (Wildman–Crippen LogP) is -2.26. The summed E-state index contributed by atoms with van der Waals surface area (Å²) in [5, 5.41) is 8.89. The molecule has 8 heteroatoms. The van der Waals surface area contributed by atoms with Crippen LogP contribution in [0.1, 0.15) is 13.3 Å². The predicted molar refractivity (Wildman–Crippen MR) is 39.9 cm³/mol. The van der Waals surface area contributed by atoms with Crippen molar-refractivity contribution in [2.45, 2.75) is 19.4 Å². The average molecular weight is 224 g/mol. The van der Waals surface area contributed by atoms with Crippen molar-refractivity contribution < 1.29 is 33.6 Å². The number of carbonyl (C=O) groups excluding carboxylic acids is 2. The molecule has 0 radical (unpaired) electrons. The van der Waals surface area contributed by atoms with Crippen LogP contribution in [-0.2, 0) is 18.7 Å².